The molecule has 0 aliphatic carbocycles. The third-order valence-electron chi connectivity index (χ3n) is 3.38. The van der Waals surface area contributed by atoms with Crippen LogP contribution in [-0.4, -0.2) is 37.5 Å². The molecule has 9 heteroatoms. The molecule has 0 unspecified atom stereocenters. The van der Waals surface area contributed by atoms with Gasteiger partial charge in [0.25, 0.3) is 0 Å². The van der Waals surface area contributed by atoms with Gasteiger partial charge in [0, 0.05) is 13.3 Å². The van der Waals surface area contributed by atoms with Gasteiger partial charge < -0.3 is 20.5 Å². The Kier molecular flexibility index (Phi) is 5.25. The number of aryl methyl sites for hydroxylation is 1. The molecule has 2 rings (SSSR count). The summed E-state index contributed by atoms with van der Waals surface area (Å²) in [4.78, 5) is 37.1. The van der Waals surface area contributed by atoms with E-state index in [9.17, 15) is 24.8 Å². The number of aliphatic carboxylic acids is 1. The van der Waals surface area contributed by atoms with Crippen molar-refractivity contribution in [1.29, 1.82) is 0 Å². The van der Waals surface area contributed by atoms with Crippen molar-refractivity contribution in [2.24, 2.45) is 0 Å². The zero-order valence-corrected chi connectivity index (χ0v) is 12.9. The smallest absolute Gasteiger partial charge is 0.381 e. The summed E-state index contributed by atoms with van der Waals surface area (Å²) in [5, 5.41) is 22.4. The summed E-state index contributed by atoms with van der Waals surface area (Å²) >= 11 is 0. The van der Waals surface area contributed by atoms with Crippen molar-refractivity contribution in [2.45, 2.75) is 25.9 Å². The number of hydrogen-bond donors (Lipinski definition) is 2. The minimum absolute atomic E-state index is 0.144. The molecule has 1 aromatic carbocycles. The number of benzene rings is 1. The molecule has 1 amide bonds. The Balaban J connectivity index is 2.03. The van der Waals surface area contributed by atoms with Gasteiger partial charge in [0.1, 0.15) is 18.8 Å². The lowest BCUT2D eigenvalue weighted by Gasteiger charge is -2.14. The summed E-state index contributed by atoms with van der Waals surface area (Å²) in [6.45, 7) is 1.28. The average molecular weight is 332 g/mol. The van der Waals surface area contributed by atoms with Crippen molar-refractivity contribution in [1.82, 2.24) is 14.9 Å². The lowest BCUT2D eigenvalue weighted by Crippen LogP contribution is -2.43. The minimum atomic E-state index is -1.15. The molecule has 0 saturated heterocycles. The Hall–Kier alpha value is -3.23. The Morgan fingerprint density at radius 1 is 1.38 bits per heavy atom. The van der Waals surface area contributed by atoms with E-state index in [-0.39, 0.29) is 18.8 Å². The molecule has 0 fully saturated rings. The molecule has 2 N–H and O–H groups in total. The summed E-state index contributed by atoms with van der Waals surface area (Å²) in [6, 6.07) is 7.83. The standard InChI is InChI=1S/C15H16N4O5/c1-10-16-13(19(23)24)8-18(10)9-14(20)17-12(15(21)22)7-11-5-3-2-4-6-11/h2-6,8,12H,7,9H2,1H3,(H,17,20)(H,21,22)/t12-/m0/s1. The van der Waals surface area contributed by atoms with Gasteiger partial charge in [-0.3, -0.25) is 9.36 Å². The van der Waals surface area contributed by atoms with Gasteiger partial charge in [0.15, 0.2) is 0 Å². The topological polar surface area (TPSA) is 127 Å². The van der Waals surface area contributed by atoms with Crippen LogP contribution in [0, 0.1) is 17.0 Å². The van der Waals surface area contributed by atoms with E-state index in [1.54, 1.807) is 24.3 Å². The van der Waals surface area contributed by atoms with Crippen molar-refractivity contribution in [3.05, 3.63) is 58.0 Å². The van der Waals surface area contributed by atoms with E-state index in [2.05, 4.69) is 10.3 Å². The molecule has 9 nitrogen and oxygen atoms in total. The first-order valence-electron chi connectivity index (χ1n) is 7.11. The summed E-state index contributed by atoms with van der Waals surface area (Å²) < 4.78 is 1.30. The second kappa shape index (κ2) is 7.36. The molecule has 0 aliphatic heterocycles. The minimum Gasteiger partial charge on any atom is -0.480 e. The van der Waals surface area contributed by atoms with Crippen LogP contribution in [0.15, 0.2) is 36.5 Å². The quantitative estimate of drug-likeness (QED) is 0.573. The van der Waals surface area contributed by atoms with Crippen molar-refractivity contribution in [2.75, 3.05) is 0 Å². The van der Waals surface area contributed by atoms with Gasteiger partial charge in [0.2, 0.25) is 11.7 Å². The predicted molar refractivity (Wildman–Crippen MR) is 83.3 cm³/mol. The Bertz CT molecular complexity index is 756. The van der Waals surface area contributed by atoms with Crippen LogP contribution in [0.2, 0.25) is 0 Å². The summed E-state index contributed by atoms with van der Waals surface area (Å²) in [5.74, 6) is -1.78. The van der Waals surface area contributed by atoms with Crippen molar-refractivity contribution in [3.8, 4) is 0 Å². The Morgan fingerprint density at radius 3 is 2.58 bits per heavy atom. The molecule has 1 heterocycles. The van der Waals surface area contributed by atoms with E-state index in [0.717, 1.165) is 11.8 Å². The highest BCUT2D eigenvalue weighted by atomic mass is 16.6. The van der Waals surface area contributed by atoms with E-state index >= 15 is 0 Å². The normalized spacial score (nSPS) is 11.7. The van der Waals surface area contributed by atoms with Crippen molar-refractivity contribution >= 4 is 17.7 Å². The number of imidazole rings is 1. The summed E-state index contributed by atoms with van der Waals surface area (Å²) in [5.41, 5.74) is 0.777. The summed E-state index contributed by atoms with van der Waals surface area (Å²) in [7, 11) is 0. The zero-order chi connectivity index (χ0) is 17.7. The molecule has 0 spiro atoms. The fourth-order valence-electron chi connectivity index (χ4n) is 2.18. The number of carbonyl (C=O) groups is 2. The van der Waals surface area contributed by atoms with Crippen molar-refractivity contribution in [3.63, 3.8) is 0 Å². The molecule has 0 radical (unpaired) electrons. The van der Waals surface area contributed by atoms with Gasteiger partial charge in [-0.25, -0.2) is 4.79 Å². The number of nitrogens with one attached hydrogen (secondary N) is 1. The molecule has 24 heavy (non-hydrogen) atoms. The number of carboxylic acids is 1. The number of nitrogens with zero attached hydrogens (tertiary/aromatic N) is 3. The number of hydrogen-bond acceptors (Lipinski definition) is 5. The van der Waals surface area contributed by atoms with Gasteiger partial charge in [0.05, 0.1) is 0 Å². The lowest BCUT2D eigenvalue weighted by atomic mass is 10.1. The lowest BCUT2D eigenvalue weighted by molar-refractivity contribution is -0.389. The third-order valence-corrected chi connectivity index (χ3v) is 3.38. The second-order valence-corrected chi connectivity index (χ2v) is 5.18. The molecule has 126 valence electrons. The van der Waals surface area contributed by atoms with Gasteiger partial charge in [-0.1, -0.05) is 30.3 Å². The first-order chi connectivity index (χ1) is 11.4. The van der Waals surface area contributed by atoms with Gasteiger partial charge in [-0.05, 0) is 15.5 Å². The van der Waals surface area contributed by atoms with Crippen LogP contribution < -0.4 is 5.32 Å². The number of amides is 1. The van der Waals surface area contributed by atoms with Crippen LogP contribution in [0.4, 0.5) is 5.82 Å². The molecular weight excluding hydrogens is 316 g/mol. The number of carboxylic acid groups (broad SMARTS) is 1. The first-order valence-corrected chi connectivity index (χ1v) is 7.11. The van der Waals surface area contributed by atoms with Crippen LogP contribution in [0.5, 0.6) is 0 Å². The van der Waals surface area contributed by atoms with Crippen LogP contribution in [0.1, 0.15) is 11.4 Å². The monoisotopic (exact) mass is 332 g/mol. The molecule has 1 aromatic heterocycles. The molecular formula is C15H16N4O5. The maximum Gasteiger partial charge on any atom is 0.381 e. The second-order valence-electron chi connectivity index (χ2n) is 5.18. The highest BCUT2D eigenvalue weighted by Crippen LogP contribution is 2.10. The van der Waals surface area contributed by atoms with E-state index in [0.29, 0.717) is 5.82 Å². The van der Waals surface area contributed by atoms with E-state index in [1.165, 1.54) is 11.5 Å². The third kappa shape index (κ3) is 4.38. The van der Waals surface area contributed by atoms with Gasteiger partial charge >= 0.3 is 11.8 Å². The zero-order valence-electron chi connectivity index (χ0n) is 12.9. The van der Waals surface area contributed by atoms with Crippen molar-refractivity contribution < 1.29 is 19.6 Å². The number of rotatable bonds is 7. The number of carbonyl (C=O) groups excluding carboxylic acids is 1. The summed E-state index contributed by atoms with van der Waals surface area (Å²) in [6.07, 6.45) is 1.28. The Labute approximate surface area is 137 Å². The predicted octanol–water partition coefficient (Wildman–Crippen LogP) is 0.912. The first kappa shape index (κ1) is 17.1. The van der Waals surface area contributed by atoms with Gasteiger partial charge in [-0.2, -0.15) is 0 Å². The highest BCUT2D eigenvalue weighted by Gasteiger charge is 2.22. The van der Waals surface area contributed by atoms with Crippen LogP contribution in [0.25, 0.3) is 0 Å². The molecule has 0 aliphatic rings. The fourth-order valence-corrected chi connectivity index (χ4v) is 2.18. The SMILES string of the molecule is Cc1nc([N+](=O)[O-])cn1CC(=O)N[C@@H](Cc1ccccc1)C(=O)O. The molecule has 2 aromatic rings. The fraction of sp³-hybridized carbons (Fsp3) is 0.267. The van der Waals surface area contributed by atoms with E-state index in [4.69, 9.17) is 0 Å². The van der Waals surface area contributed by atoms with Crippen LogP contribution in [-0.2, 0) is 22.6 Å². The van der Waals surface area contributed by atoms with Crippen LogP contribution >= 0.6 is 0 Å². The van der Waals surface area contributed by atoms with Crippen LogP contribution in [0.3, 0.4) is 0 Å². The average Bonchev–Trinajstić information content (AvgIpc) is 2.89. The number of aromatic nitrogens is 2. The molecule has 1 atom stereocenters. The highest BCUT2D eigenvalue weighted by molar-refractivity contribution is 5.83. The van der Waals surface area contributed by atoms with Gasteiger partial charge in [-0.15, -0.1) is 0 Å². The maximum absolute atomic E-state index is 12.1. The molecule has 0 bridgehead atoms. The maximum atomic E-state index is 12.1. The Morgan fingerprint density at radius 2 is 2.04 bits per heavy atom. The largest absolute Gasteiger partial charge is 0.480 e. The van der Waals surface area contributed by atoms with E-state index < -0.39 is 22.8 Å². The van der Waals surface area contributed by atoms with E-state index in [1.807, 2.05) is 6.07 Å². The molecule has 0 saturated carbocycles. The number of nitro groups is 1.